The highest BCUT2D eigenvalue weighted by Gasteiger charge is 1.85. The number of phenolic OH excluding ortho intramolecular Hbond substituents is 1. The average Bonchev–Trinajstić information content (AvgIpc) is 2.31. The Labute approximate surface area is 99.5 Å². The number of unbranched alkanes of at least 4 members (excludes halogenated alkanes) is 5. The van der Waals surface area contributed by atoms with Crippen molar-refractivity contribution in [2.45, 2.75) is 45.4 Å². The van der Waals surface area contributed by atoms with E-state index in [4.69, 9.17) is 10.8 Å². The van der Waals surface area contributed by atoms with Crippen LogP contribution in [0.4, 0.5) is 0 Å². The molecule has 0 atom stereocenters. The summed E-state index contributed by atoms with van der Waals surface area (Å²) in [5.74, 6) is 0.322. The Morgan fingerprint density at radius 1 is 0.938 bits per heavy atom. The molecule has 0 saturated heterocycles. The number of hydrogen-bond acceptors (Lipinski definition) is 2. The summed E-state index contributed by atoms with van der Waals surface area (Å²) in [6.07, 6.45) is 8.05. The van der Waals surface area contributed by atoms with Crippen molar-refractivity contribution < 1.29 is 5.11 Å². The van der Waals surface area contributed by atoms with E-state index in [0.717, 1.165) is 6.54 Å². The van der Waals surface area contributed by atoms with E-state index in [-0.39, 0.29) is 0 Å². The Balaban J connectivity index is 0.000000288. The van der Waals surface area contributed by atoms with E-state index in [2.05, 4.69) is 6.92 Å². The molecule has 0 unspecified atom stereocenters. The van der Waals surface area contributed by atoms with Crippen LogP contribution in [0.2, 0.25) is 0 Å². The van der Waals surface area contributed by atoms with Gasteiger partial charge >= 0.3 is 0 Å². The van der Waals surface area contributed by atoms with E-state index in [9.17, 15) is 0 Å². The minimum atomic E-state index is 0.322. The van der Waals surface area contributed by atoms with Crippen LogP contribution in [0, 0.1) is 0 Å². The SMILES string of the molecule is CCCCCCCCN.Oc1ccccc1. The molecule has 0 aliphatic heterocycles. The molecular weight excluding hydrogens is 198 g/mol. The normalized spacial score (nSPS) is 9.38. The van der Waals surface area contributed by atoms with Gasteiger partial charge in [0, 0.05) is 0 Å². The fraction of sp³-hybridized carbons (Fsp3) is 0.571. The molecule has 0 spiro atoms. The van der Waals surface area contributed by atoms with Gasteiger partial charge in [-0.05, 0) is 25.1 Å². The van der Waals surface area contributed by atoms with Crippen LogP contribution in [0.3, 0.4) is 0 Å². The Morgan fingerprint density at radius 2 is 1.50 bits per heavy atom. The molecule has 0 aromatic heterocycles. The second-order valence-corrected chi connectivity index (χ2v) is 3.89. The van der Waals surface area contributed by atoms with Gasteiger partial charge < -0.3 is 10.8 Å². The first-order chi connectivity index (χ1) is 7.81. The number of benzene rings is 1. The van der Waals surface area contributed by atoms with Gasteiger partial charge in [0.25, 0.3) is 0 Å². The molecule has 0 fully saturated rings. The summed E-state index contributed by atoms with van der Waals surface area (Å²) in [6.45, 7) is 3.11. The molecular formula is C14H25NO. The van der Waals surface area contributed by atoms with Crippen LogP contribution in [0.5, 0.6) is 5.75 Å². The lowest BCUT2D eigenvalue weighted by Gasteiger charge is -1.96. The third-order valence-corrected chi connectivity index (χ3v) is 2.31. The van der Waals surface area contributed by atoms with E-state index >= 15 is 0 Å². The summed E-state index contributed by atoms with van der Waals surface area (Å²) in [6, 6.07) is 8.71. The molecule has 0 aliphatic carbocycles. The van der Waals surface area contributed by atoms with Crippen molar-refractivity contribution in [3.8, 4) is 5.75 Å². The van der Waals surface area contributed by atoms with E-state index in [1.54, 1.807) is 24.3 Å². The van der Waals surface area contributed by atoms with Gasteiger partial charge in [0.2, 0.25) is 0 Å². The number of rotatable bonds is 6. The van der Waals surface area contributed by atoms with Crippen LogP contribution >= 0.6 is 0 Å². The van der Waals surface area contributed by atoms with Crippen molar-refractivity contribution >= 4 is 0 Å². The maximum Gasteiger partial charge on any atom is 0.115 e. The molecule has 2 nitrogen and oxygen atoms in total. The Bertz CT molecular complexity index is 217. The van der Waals surface area contributed by atoms with Gasteiger partial charge in [0.05, 0.1) is 0 Å². The predicted octanol–water partition coefficient (Wildman–Crippen LogP) is 3.70. The Kier molecular flexibility index (Phi) is 11.3. The minimum absolute atomic E-state index is 0.322. The first-order valence-corrected chi connectivity index (χ1v) is 6.25. The van der Waals surface area contributed by atoms with Crippen molar-refractivity contribution in [2.75, 3.05) is 6.54 Å². The van der Waals surface area contributed by atoms with E-state index < -0.39 is 0 Å². The highest BCUT2D eigenvalue weighted by Crippen LogP contribution is 2.03. The zero-order valence-electron chi connectivity index (χ0n) is 10.4. The first kappa shape index (κ1) is 15.0. The van der Waals surface area contributed by atoms with Gasteiger partial charge in [0.1, 0.15) is 5.75 Å². The van der Waals surface area contributed by atoms with Crippen LogP contribution in [0.15, 0.2) is 30.3 Å². The smallest absolute Gasteiger partial charge is 0.115 e. The monoisotopic (exact) mass is 223 g/mol. The second-order valence-electron chi connectivity index (χ2n) is 3.89. The lowest BCUT2D eigenvalue weighted by Crippen LogP contribution is -1.97. The van der Waals surface area contributed by atoms with Crippen molar-refractivity contribution in [3.05, 3.63) is 30.3 Å². The van der Waals surface area contributed by atoms with Gasteiger partial charge in [-0.1, -0.05) is 57.2 Å². The number of hydrogen-bond donors (Lipinski definition) is 2. The molecule has 0 bridgehead atoms. The standard InChI is InChI=1S/C8H19N.C6H6O/c1-2-3-4-5-6-7-8-9;7-6-4-2-1-3-5-6/h2-9H2,1H3;1-5,7H. The van der Waals surface area contributed by atoms with Crippen LogP contribution in [-0.4, -0.2) is 11.7 Å². The van der Waals surface area contributed by atoms with E-state index in [1.807, 2.05) is 6.07 Å². The van der Waals surface area contributed by atoms with Gasteiger partial charge in [-0.15, -0.1) is 0 Å². The van der Waals surface area contributed by atoms with Crippen molar-refractivity contribution in [1.29, 1.82) is 0 Å². The summed E-state index contributed by atoms with van der Waals surface area (Å²) in [7, 11) is 0. The zero-order valence-corrected chi connectivity index (χ0v) is 10.4. The highest BCUT2D eigenvalue weighted by atomic mass is 16.3. The number of nitrogens with two attached hydrogens (primary N) is 1. The fourth-order valence-electron chi connectivity index (χ4n) is 1.35. The molecule has 0 saturated carbocycles. The largest absolute Gasteiger partial charge is 0.508 e. The van der Waals surface area contributed by atoms with Crippen molar-refractivity contribution in [2.24, 2.45) is 5.73 Å². The van der Waals surface area contributed by atoms with E-state index in [0.29, 0.717) is 5.75 Å². The molecule has 92 valence electrons. The summed E-state index contributed by atoms with van der Waals surface area (Å²) in [5, 5.41) is 8.63. The molecule has 0 radical (unpaired) electrons. The number of aromatic hydroxyl groups is 1. The third-order valence-electron chi connectivity index (χ3n) is 2.31. The molecule has 1 aromatic rings. The predicted molar refractivity (Wildman–Crippen MR) is 70.5 cm³/mol. The average molecular weight is 223 g/mol. The lowest BCUT2D eigenvalue weighted by molar-refractivity contribution is 0.475. The zero-order chi connectivity index (χ0) is 12.1. The van der Waals surface area contributed by atoms with Crippen LogP contribution < -0.4 is 5.73 Å². The minimum Gasteiger partial charge on any atom is -0.508 e. The molecule has 0 heterocycles. The topological polar surface area (TPSA) is 46.2 Å². The van der Waals surface area contributed by atoms with Gasteiger partial charge in [-0.3, -0.25) is 0 Å². The number of phenols is 1. The maximum atomic E-state index is 8.63. The lowest BCUT2D eigenvalue weighted by atomic mass is 10.1. The van der Waals surface area contributed by atoms with Crippen LogP contribution in [0.25, 0.3) is 0 Å². The second kappa shape index (κ2) is 12.1. The van der Waals surface area contributed by atoms with Crippen molar-refractivity contribution in [3.63, 3.8) is 0 Å². The molecule has 0 amide bonds. The van der Waals surface area contributed by atoms with Gasteiger partial charge in [-0.2, -0.15) is 0 Å². The Hall–Kier alpha value is -1.02. The molecule has 3 N–H and O–H groups in total. The van der Waals surface area contributed by atoms with Crippen molar-refractivity contribution in [1.82, 2.24) is 0 Å². The molecule has 2 heteroatoms. The van der Waals surface area contributed by atoms with Crippen LogP contribution in [-0.2, 0) is 0 Å². The fourth-order valence-corrected chi connectivity index (χ4v) is 1.35. The van der Waals surface area contributed by atoms with E-state index in [1.165, 1.54) is 38.5 Å². The molecule has 1 rings (SSSR count). The summed E-state index contributed by atoms with van der Waals surface area (Å²) < 4.78 is 0. The molecule has 1 aromatic carbocycles. The molecule has 16 heavy (non-hydrogen) atoms. The summed E-state index contributed by atoms with van der Waals surface area (Å²) in [4.78, 5) is 0. The van der Waals surface area contributed by atoms with Gasteiger partial charge in [-0.25, -0.2) is 0 Å². The summed E-state index contributed by atoms with van der Waals surface area (Å²) in [5.41, 5.74) is 5.34. The molecule has 0 aliphatic rings. The highest BCUT2D eigenvalue weighted by molar-refractivity contribution is 5.18. The van der Waals surface area contributed by atoms with Crippen LogP contribution in [0.1, 0.15) is 45.4 Å². The third kappa shape index (κ3) is 11.1. The quantitative estimate of drug-likeness (QED) is 0.722. The van der Waals surface area contributed by atoms with Gasteiger partial charge in [0.15, 0.2) is 0 Å². The first-order valence-electron chi connectivity index (χ1n) is 6.25. The number of para-hydroxylation sites is 1. The Morgan fingerprint density at radius 3 is 1.94 bits per heavy atom. The maximum absolute atomic E-state index is 8.63. The summed E-state index contributed by atoms with van der Waals surface area (Å²) >= 11 is 0.